The SMILES string of the molecule is CCC(C)N(C(=O)CSc1nc(C)c(C(C)=O)cc1C#N)C1CCS(=O)(=O)C1. The van der Waals surface area contributed by atoms with E-state index in [1.807, 2.05) is 19.9 Å². The van der Waals surface area contributed by atoms with Gasteiger partial charge in [-0.15, -0.1) is 0 Å². The van der Waals surface area contributed by atoms with E-state index in [0.717, 1.165) is 18.2 Å². The van der Waals surface area contributed by atoms with E-state index in [9.17, 15) is 23.3 Å². The molecule has 1 aromatic rings. The van der Waals surface area contributed by atoms with Gasteiger partial charge in [-0.1, -0.05) is 18.7 Å². The highest BCUT2D eigenvalue weighted by atomic mass is 32.2. The summed E-state index contributed by atoms with van der Waals surface area (Å²) in [6, 6.07) is 3.16. The molecule has 9 heteroatoms. The van der Waals surface area contributed by atoms with Crippen molar-refractivity contribution in [2.75, 3.05) is 17.3 Å². The lowest BCUT2D eigenvalue weighted by Crippen LogP contribution is -2.47. The number of carbonyl (C=O) groups is 2. The number of hydrogen-bond acceptors (Lipinski definition) is 7. The van der Waals surface area contributed by atoms with Gasteiger partial charge in [0.1, 0.15) is 11.1 Å². The Balaban J connectivity index is 2.20. The zero-order valence-corrected chi connectivity index (χ0v) is 18.2. The molecule has 1 amide bonds. The predicted octanol–water partition coefficient (Wildman–Crippen LogP) is 2.37. The van der Waals surface area contributed by atoms with E-state index in [1.165, 1.54) is 13.0 Å². The van der Waals surface area contributed by atoms with Crippen molar-refractivity contribution >= 4 is 33.3 Å². The number of amides is 1. The molecule has 152 valence electrons. The normalized spacial score (nSPS) is 19.0. The number of aryl methyl sites for hydroxylation is 1. The topological polar surface area (TPSA) is 108 Å². The molecule has 1 aliphatic heterocycles. The van der Waals surface area contributed by atoms with E-state index < -0.39 is 9.84 Å². The molecular weight excluding hydrogens is 398 g/mol. The van der Waals surface area contributed by atoms with Gasteiger partial charge in [0.25, 0.3) is 0 Å². The van der Waals surface area contributed by atoms with Crippen molar-refractivity contribution in [1.82, 2.24) is 9.88 Å². The van der Waals surface area contributed by atoms with Crippen LogP contribution in [0.3, 0.4) is 0 Å². The first-order valence-corrected chi connectivity index (χ1v) is 12.0. The van der Waals surface area contributed by atoms with Crippen LogP contribution in [0.1, 0.15) is 55.2 Å². The van der Waals surface area contributed by atoms with Crippen LogP contribution in [-0.2, 0) is 14.6 Å². The number of nitrogens with zero attached hydrogens (tertiary/aromatic N) is 3. The molecule has 0 aromatic carbocycles. The highest BCUT2D eigenvalue weighted by Crippen LogP contribution is 2.26. The number of ketones is 1. The van der Waals surface area contributed by atoms with Crippen molar-refractivity contribution in [1.29, 1.82) is 5.26 Å². The van der Waals surface area contributed by atoms with Crippen LogP contribution in [0.4, 0.5) is 0 Å². The average Bonchev–Trinajstić information content (AvgIpc) is 2.98. The Hall–Kier alpha value is -1.92. The minimum atomic E-state index is -3.10. The van der Waals surface area contributed by atoms with Gasteiger partial charge in [-0.2, -0.15) is 5.26 Å². The summed E-state index contributed by atoms with van der Waals surface area (Å²) >= 11 is 1.14. The van der Waals surface area contributed by atoms with Crippen LogP contribution in [-0.4, -0.2) is 59.3 Å². The predicted molar refractivity (Wildman–Crippen MR) is 108 cm³/mol. The second-order valence-electron chi connectivity index (χ2n) is 7.05. The second kappa shape index (κ2) is 9.05. The standard InChI is InChI=1S/C19H25N3O4S2/c1-5-12(2)22(16-6-7-28(25,26)11-16)18(24)10-27-19-15(9-20)8-17(14(4)23)13(3)21-19/h8,12,16H,5-7,10-11H2,1-4H3. The van der Waals surface area contributed by atoms with Gasteiger partial charge < -0.3 is 4.90 Å². The summed E-state index contributed by atoms with van der Waals surface area (Å²) < 4.78 is 23.7. The summed E-state index contributed by atoms with van der Waals surface area (Å²) in [7, 11) is -3.10. The Morgan fingerprint density at radius 1 is 1.46 bits per heavy atom. The van der Waals surface area contributed by atoms with Gasteiger partial charge in [-0.3, -0.25) is 9.59 Å². The van der Waals surface area contributed by atoms with E-state index in [1.54, 1.807) is 11.8 Å². The van der Waals surface area contributed by atoms with Crippen LogP contribution < -0.4 is 0 Å². The maximum Gasteiger partial charge on any atom is 0.233 e. The number of nitriles is 1. The summed E-state index contributed by atoms with van der Waals surface area (Å²) in [4.78, 5) is 30.6. The van der Waals surface area contributed by atoms with Gasteiger partial charge in [-0.05, 0) is 39.7 Å². The smallest absolute Gasteiger partial charge is 0.233 e. The quantitative estimate of drug-likeness (QED) is 0.489. The molecule has 2 rings (SSSR count). The van der Waals surface area contributed by atoms with Crippen molar-refractivity contribution in [2.45, 2.75) is 57.6 Å². The number of aromatic nitrogens is 1. The van der Waals surface area contributed by atoms with Crippen LogP contribution in [0.2, 0.25) is 0 Å². The number of carbonyl (C=O) groups excluding carboxylic acids is 2. The van der Waals surface area contributed by atoms with Crippen LogP contribution in [0.5, 0.6) is 0 Å². The lowest BCUT2D eigenvalue weighted by atomic mass is 10.1. The minimum Gasteiger partial charge on any atom is -0.335 e. The molecule has 1 aromatic heterocycles. The van der Waals surface area contributed by atoms with Crippen molar-refractivity contribution in [3.05, 3.63) is 22.9 Å². The van der Waals surface area contributed by atoms with E-state index in [0.29, 0.717) is 22.7 Å². The molecule has 2 atom stereocenters. The van der Waals surface area contributed by atoms with Gasteiger partial charge in [0, 0.05) is 23.3 Å². The van der Waals surface area contributed by atoms with Crippen molar-refractivity contribution in [2.24, 2.45) is 0 Å². The molecule has 1 saturated heterocycles. The minimum absolute atomic E-state index is 0.00184. The Bertz CT molecular complexity index is 922. The fraction of sp³-hybridized carbons (Fsp3) is 0.579. The number of hydrogen-bond donors (Lipinski definition) is 0. The molecule has 0 radical (unpaired) electrons. The van der Waals surface area contributed by atoms with E-state index >= 15 is 0 Å². The first-order valence-electron chi connectivity index (χ1n) is 9.16. The zero-order chi connectivity index (χ0) is 21.1. The molecule has 2 unspecified atom stereocenters. The lowest BCUT2D eigenvalue weighted by Gasteiger charge is -2.33. The van der Waals surface area contributed by atoms with Gasteiger partial charge in [0.2, 0.25) is 5.91 Å². The maximum atomic E-state index is 12.9. The molecule has 1 aliphatic rings. The molecular formula is C19H25N3O4S2. The lowest BCUT2D eigenvalue weighted by molar-refractivity contribution is -0.132. The Labute approximate surface area is 170 Å². The number of Topliss-reactive ketones (excluding diaryl/α,β-unsaturated/α-hetero) is 1. The first kappa shape index (κ1) is 22.4. The molecule has 2 heterocycles. The van der Waals surface area contributed by atoms with Gasteiger partial charge in [0.05, 0.1) is 22.8 Å². The van der Waals surface area contributed by atoms with E-state index in [4.69, 9.17) is 0 Å². The van der Waals surface area contributed by atoms with Crippen LogP contribution in [0, 0.1) is 18.3 Å². The van der Waals surface area contributed by atoms with Crippen LogP contribution in [0.25, 0.3) is 0 Å². The molecule has 1 fully saturated rings. The molecule has 0 aliphatic carbocycles. The summed E-state index contributed by atoms with van der Waals surface area (Å²) in [5, 5.41) is 9.77. The number of thioether (sulfide) groups is 1. The highest BCUT2D eigenvalue weighted by Gasteiger charge is 2.36. The summed E-state index contributed by atoms with van der Waals surface area (Å²) in [6.07, 6.45) is 1.18. The van der Waals surface area contributed by atoms with Gasteiger partial charge in [0.15, 0.2) is 15.6 Å². The van der Waals surface area contributed by atoms with Crippen LogP contribution >= 0.6 is 11.8 Å². The summed E-state index contributed by atoms with van der Waals surface area (Å²) in [5.74, 6) is -0.167. The fourth-order valence-electron chi connectivity index (χ4n) is 3.34. The maximum absolute atomic E-state index is 12.9. The first-order chi connectivity index (χ1) is 13.1. The molecule has 0 N–H and O–H groups in total. The third-order valence-corrected chi connectivity index (χ3v) is 7.69. The third kappa shape index (κ3) is 5.11. The second-order valence-corrected chi connectivity index (χ2v) is 10.2. The molecule has 0 saturated carbocycles. The third-order valence-electron chi connectivity index (χ3n) is 4.97. The van der Waals surface area contributed by atoms with Gasteiger partial charge in [-0.25, -0.2) is 13.4 Å². The number of rotatable bonds is 7. The summed E-state index contributed by atoms with van der Waals surface area (Å²) in [6.45, 7) is 6.98. The van der Waals surface area contributed by atoms with E-state index in [-0.39, 0.29) is 46.6 Å². The average molecular weight is 424 g/mol. The Morgan fingerprint density at radius 2 is 2.14 bits per heavy atom. The van der Waals surface area contributed by atoms with Crippen molar-refractivity contribution in [3.8, 4) is 6.07 Å². The number of pyridine rings is 1. The van der Waals surface area contributed by atoms with Crippen molar-refractivity contribution in [3.63, 3.8) is 0 Å². The highest BCUT2D eigenvalue weighted by molar-refractivity contribution is 8.00. The molecule has 28 heavy (non-hydrogen) atoms. The fourth-order valence-corrected chi connectivity index (χ4v) is 5.92. The van der Waals surface area contributed by atoms with E-state index in [2.05, 4.69) is 4.98 Å². The monoisotopic (exact) mass is 423 g/mol. The molecule has 0 spiro atoms. The molecule has 7 nitrogen and oxygen atoms in total. The largest absolute Gasteiger partial charge is 0.335 e. The van der Waals surface area contributed by atoms with Gasteiger partial charge >= 0.3 is 0 Å². The zero-order valence-electron chi connectivity index (χ0n) is 16.6. The summed E-state index contributed by atoms with van der Waals surface area (Å²) in [5.41, 5.74) is 1.17. The Kier molecular flexibility index (Phi) is 7.23. The Morgan fingerprint density at radius 3 is 2.64 bits per heavy atom. The van der Waals surface area contributed by atoms with Crippen molar-refractivity contribution < 1.29 is 18.0 Å². The van der Waals surface area contributed by atoms with Crippen LogP contribution in [0.15, 0.2) is 11.1 Å². The number of sulfone groups is 1. The molecule has 0 bridgehead atoms.